The molecule has 0 aromatic carbocycles. The van der Waals surface area contributed by atoms with Crippen LogP contribution in [0.15, 0.2) is 18.3 Å². The van der Waals surface area contributed by atoms with E-state index in [0.717, 1.165) is 0 Å². The molecule has 0 saturated carbocycles. The zero-order chi connectivity index (χ0) is 9.14. The van der Waals surface area contributed by atoms with Crippen molar-refractivity contribution >= 4 is 11.8 Å². The van der Waals surface area contributed by atoms with Crippen LogP contribution in [0, 0.1) is 0 Å². The van der Waals surface area contributed by atoms with Crippen LogP contribution in [0.2, 0.25) is 0 Å². The van der Waals surface area contributed by atoms with Gasteiger partial charge in [-0.15, -0.1) is 0 Å². The minimum absolute atomic E-state index is 0.00463. The van der Waals surface area contributed by atoms with E-state index < -0.39 is 5.97 Å². The molecule has 0 atom stereocenters. The number of hydrogen-bond acceptors (Lipinski definition) is 3. The summed E-state index contributed by atoms with van der Waals surface area (Å²) in [7, 11) is 0. The maximum atomic E-state index is 10.8. The molecule has 0 radical (unpaired) electrons. The van der Waals surface area contributed by atoms with Crippen molar-refractivity contribution in [1.29, 1.82) is 0 Å². The summed E-state index contributed by atoms with van der Waals surface area (Å²) in [5, 5.41) is 8.62. The van der Waals surface area contributed by atoms with Gasteiger partial charge in [0.15, 0.2) is 5.78 Å². The molecule has 12 heavy (non-hydrogen) atoms. The zero-order valence-electron chi connectivity index (χ0n) is 6.44. The molecule has 0 fully saturated rings. The van der Waals surface area contributed by atoms with Gasteiger partial charge in [-0.1, -0.05) is 0 Å². The van der Waals surface area contributed by atoms with Crippen molar-refractivity contribution in [3.05, 3.63) is 29.6 Å². The van der Waals surface area contributed by atoms with Crippen molar-refractivity contribution in [3.63, 3.8) is 0 Å². The molecule has 1 aromatic heterocycles. The van der Waals surface area contributed by atoms with Gasteiger partial charge in [0.2, 0.25) is 0 Å². The monoisotopic (exact) mass is 165 g/mol. The van der Waals surface area contributed by atoms with Gasteiger partial charge in [0.25, 0.3) is 0 Å². The summed E-state index contributed by atoms with van der Waals surface area (Å²) in [6.45, 7) is 1.29. The van der Waals surface area contributed by atoms with Crippen LogP contribution in [0.1, 0.15) is 27.8 Å². The van der Waals surface area contributed by atoms with Crippen molar-refractivity contribution in [3.8, 4) is 0 Å². The number of aromatic carboxylic acids is 1. The molecule has 4 heteroatoms. The third-order valence-corrected chi connectivity index (χ3v) is 1.37. The highest BCUT2D eigenvalue weighted by Crippen LogP contribution is 2.05. The number of rotatable bonds is 2. The summed E-state index contributed by atoms with van der Waals surface area (Å²) in [6.07, 6.45) is 1.39. The molecule has 0 aliphatic heterocycles. The third kappa shape index (κ3) is 1.47. The van der Waals surface area contributed by atoms with E-state index in [1.165, 1.54) is 25.3 Å². The first kappa shape index (κ1) is 8.39. The van der Waals surface area contributed by atoms with E-state index in [2.05, 4.69) is 4.98 Å². The molecule has 0 unspecified atom stereocenters. The Morgan fingerprint density at radius 3 is 2.58 bits per heavy atom. The molecular weight excluding hydrogens is 158 g/mol. The van der Waals surface area contributed by atoms with Gasteiger partial charge in [-0.05, 0) is 12.1 Å². The first-order chi connectivity index (χ1) is 5.63. The molecule has 0 aliphatic carbocycles. The van der Waals surface area contributed by atoms with Crippen LogP contribution < -0.4 is 0 Å². The summed E-state index contributed by atoms with van der Waals surface area (Å²) in [6, 6.07) is 2.84. The normalized spacial score (nSPS) is 9.42. The molecule has 0 aliphatic rings. The van der Waals surface area contributed by atoms with Crippen LogP contribution in [-0.2, 0) is 0 Å². The summed E-state index contributed by atoms with van der Waals surface area (Å²) in [5.74, 6) is -1.47. The molecule has 0 amide bonds. The maximum Gasteiger partial charge on any atom is 0.338 e. The van der Waals surface area contributed by atoms with Crippen molar-refractivity contribution in [1.82, 2.24) is 4.98 Å². The number of carboxylic acid groups (broad SMARTS) is 1. The molecule has 0 saturated heterocycles. The number of Topliss-reactive ketones (excluding diaryl/α,β-unsaturated/α-hetero) is 1. The Bertz CT molecular complexity index is 300. The highest BCUT2D eigenvalue weighted by Gasteiger charge is 2.13. The van der Waals surface area contributed by atoms with Crippen molar-refractivity contribution in [2.45, 2.75) is 6.92 Å². The van der Waals surface area contributed by atoms with Gasteiger partial charge in [-0.3, -0.25) is 9.78 Å². The predicted octanol–water partition coefficient (Wildman–Crippen LogP) is 0.982. The average Bonchev–Trinajstić information content (AvgIpc) is 2.04. The summed E-state index contributed by atoms with van der Waals surface area (Å²) in [4.78, 5) is 25.0. The molecule has 1 rings (SSSR count). The highest BCUT2D eigenvalue weighted by molar-refractivity contribution is 6.03. The Balaban J connectivity index is 3.27. The first-order valence-corrected chi connectivity index (χ1v) is 3.32. The van der Waals surface area contributed by atoms with Gasteiger partial charge in [-0.2, -0.15) is 0 Å². The van der Waals surface area contributed by atoms with Gasteiger partial charge in [0, 0.05) is 13.1 Å². The van der Waals surface area contributed by atoms with E-state index in [1.807, 2.05) is 0 Å². The SMILES string of the molecule is CC(=O)c1ncccc1C(=O)O. The number of carboxylic acids is 1. The van der Waals surface area contributed by atoms with Gasteiger partial charge in [0.1, 0.15) is 5.69 Å². The van der Waals surface area contributed by atoms with Gasteiger partial charge >= 0.3 is 5.97 Å². The third-order valence-electron chi connectivity index (χ3n) is 1.37. The standard InChI is InChI=1S/C8H7NO3/c1-5(10)7-6(8(11)12)3-2-4-9-7/h2-4H,1H3,(H,11,12). The zero-order valence-corrected chi connectivity index (χ0v) is 6.44. The molecular formula is C8H7NO3. The van der Waals surface area contributed by atoms with Crippen LogP contribution in [0.25, 0.3) is 0 Å². The van der Waals surface area contributed by atoms with E-state index in [-0.39, 0.29) is 17.0 Å². The lowest BCUT2D eigenvalue weighted by molar-refractivity contribution is 0.0691. The van der Waals surface area contributed by atoms with Crippen molar-refractivity contribution in [2.24, 2.45) is 0 Å². The number of aromatic nitrogens is 1. The molecule has 62 valence electrons. The van der Waals surface area contributed by atoms with Crippen LogP contribution >= 0.6 is 0 Å². The van der Waals surface area contributed by atoms with Gasteiger partial charge in [0.05, 0.1) is 5.56 Å². The molecule has 1 N–H and O–H groups in total. The quantitative estimate of drug-likeness (QED) is 0.663. The number of ketones is 1. The number of pyridine rings is 1. The fourth-order valence-electron chi connectivity index (χ4n) is 0.858. The highest BCUT2D eigenvalue weighted by atomic mass is 16.4. The Kier molecular flexibility index (Phi) is 2.19. The van der Waals surface area contributed by atoms with Gasteiger partial charge in [-0.25, -0.2) is 4.79 Å². The fraction of sp³-hybridized carbons (Fsp3) is 0.125. The number of hydrogen-bond donors (Lipinski definition) is 1. The van der Waals surface area contributed by atoms with Crippen LogP contribution in [-0.4, -0.2) is 21.8 Å². The van der Waals surface area contributed by atoms with E-state index in [0.29, 0.717) is 0 Å². The smallest absolute Gasteiger partial charge is 0.338 e. The fourth-order valence-corrected chi connectivity index (χ4v) is 0.858. The number of carbonyl (C=O) groups is 2. The molecule has 1 aromatic rings. The Morgan fingerprint density at radius 1 is 1.50 bits per heavy atom. The lowest BCUT2D eigenvalue weighted by atomic mass is 10.1. The second kappa shape index (κ2) is 3.13. The first-order valence-electron chi connectivity index (χ1n) is 3.32. The molecule has 0 bridgehead atoms. The summed E-state index contributed by atoms with van der Waals surface area (Å²) in [5.41, 5.74) is -0.0463. The predicted molar refractivity (Wildman–Crippen MR) is 41.2 cm³/mol. The molecule has 0 spiro atoms. The van der Waals surface area contributed by atoms with E-state index in [4.69, 9.17) is 5.11 Å². The summed E-state index contributed by atoms with van der Waals surface area (Å²) < 4.78 is 0. The van der Waals surface area contributed by atoms with Crippen molar-refractivity contribution < 1.29 is 14.7 Å². The van der Waals surface area contributed by atoms with E-state index >= 15 is 0 Å². The number of nitrogens with zero attached hydrogens (tertiary/aromatic N) is 1. The Hall–Kier alpha value is -1.71. The van der Waals surface area contributed by atoms with Crippen LogP contribution in [0.3, 0.4) is 0 Å². The Morgan fingerprint density at radius 2 is 2.17 bits per heavy atom. The minimum atomic E-state index is -1.13. The molecule has 1 heterocycles. The van der Waals surface area contributed by atoms with E-state index in [1.54, 1.807) is 0 Å². The maximum absolute atomic E-state index is 10.8. The summed E-state index contributed by atoms with van der Waals surface area (Å²) >= 11 is 0. The van der Waals surface area contributed by atoms with Crippen molar-refractivity contribution in [2.75, 3.05) is 0 Å². The van der Waals surface area contributed by atoms with E-state index in [9.17, 15) is 9.59 Å². The lowest BCUT2D eigenvalue weighted by Gasteiger charge is -1.98. The molecule has 4 nitrogen and oxygen atoms in total. The minimum Gasteiger partial charge on any atom is -0.478 e. The van der Waals surface area contributed by atoms with Crippen LogP contribution in [0.5, 0.6) is 0 Å². The van der Waals surface area contributed by atoms with Crippen LogP contribution in [0.4, 0.5) is 0 Å². The Labute approximate surface area is 68.9 Å². The average molecular weight is 165 g/mol. The largest absolute Gasteiger partial charge is 0.478 e. The van der Waals surface area contributed by atoms with Gasteiger partial charge < -0.3 is 5.11 Å². The second-order valence-corrected chi connectivity index (χ2v) is 2.26. The second-order valence-electron chi connectivity index (χ2n) is 2.26. The number of carbonyl (C=O) groups excluding carboxylic acids is 1. The lowest BCUT2D eigenvalue weighted by Crippen LogP contribution is -2.07. The topological polar surface area (TPSA) is 67.3 Å².